The van der Waals surface area contributed by atoms with Gasteiger partial charge < -0.3 is 9.88 Å². The summed E-state index contributed by atoms with van der Waals surface area (Å²) in [6, 6.07) is 6.85. The van der Waals surface area contributed by atoms with E-state index < -0.39 is 29.0 Å². The lowest BCUT2D eigenvalue weighted by Crippen LogP contribution is -2.28. The molecule has 3 rings (SSSR count). The summed E-state index contributed by atoms with van der Waals surface area (Å²) in [5, 5.41) is 10.0. The number of amides is 1. The Balaban J connectivity index is 1.76. The number of carbonyl (C=O) groups excluding carboxylic acids is 1. The molecule has 0 saturated carbocycles. The number of hydrogen-bond donors (Lipinski definition) is 1. The Bertz CT molecular complexity index is 1030. The average molecular weight is 398 g/mol. The molecule has 1 aromatic carbocycles. The van der Waals surface area contributed by atoms with Crippen molar-refractivity contribution in [3.8, 4) is 0 Å². The van der Waals surface area contributed by atoms with E-state index in [1.165, 1.54) is 30.5 Å². The van der Waals surface area contributed by atoms with Crippen LogP contribution in [0.3, 0.4) is 0 Å². The van der Waals surface area contributed by atoms with Gasteiger partial charge in [0.05, 0.1) is 6.54 Å². The predicted molar refractivity (Wildman–Crippen MR) is 89.1 cm³/mol. The molecule has 0 spiro atoms. The SMILES string of the molecule is O=C(Nc1ccc(F)cc1)c1nnc(Cn2cccc(C(F)(F)F)c2=O)s1. The fourth-order valence-corrected chi connectivity index (χ4v) is 2.88. The standard InChI is InChI=1S/C16H10F4N4O2S/c17-9-3-5-10(6-4-9)21-13(25)14-23-22-12(27-14)8-24-7-1-2-11(15(24)26)16(18,19)20/h1-7H,8H2,(H,21,25). The number of nitrogens with zero attached hydrogens (tertiary/aromatic N) is 3. The molecule has 0 radical (unpaired) electrons. The van der Waals surface area contributed by atoms with E-state index in [-0.39, 0.29) is 16.6 Å². The predicted octanol–water partition coefficient (Wildman–Crippen LogP) is 3.16. The fourth-order valence-electron chi connectivity index (χ4n) is 2.15. The van der Waals surface area contributed by atoms with Crippen molar-refractivity contribution in [1.29, 1.82) is 0 Å². The maximum Gasteiger partial charge on any atom is 0.421 e. The zero-order valence-electron chi connectivity index (χ0n) is 13.3. The van der Waals surface area contributed by atoms with Gasteiger partial charge in [-0.15, -0.1) is 10.2 Å². The summed E-state index contributed by atoms with van der Waals surface area (Å²) in [6.45, 7) is -0.260. The first-order valence-electron chi connectivity index (χ1n) is 7.40. The monoisotopic (exact) mass is 398 g/mol. The third-order valence-corrected chi connectivity index (χ3v) is 4.30. The topological polar surface area (TPSA) is 76.9 Å². The molecule has 27 heavy (non-hydrogen) atoms. The minimum atomic E-state index is -4.76. The van der Waals surface area contributed by atoms with Crippen LogP contribution in [0.2, 0.25) is 0 Å². The van der Waals surface area contributed by atoms with Crippen molar-refractivity contribution in [3.63, 3.8) is 0 Å². The van der Waals surface area contributed by atoms with Crippen LogP contribution in [0.5, 0.6) is 0 Å². The molecule has 3 aromatic rings. The Morgan fingerprint density at radius 3 is 2.52 bits per heavy atom. The molecule has 0 saturated heterocycles. The van der Waals surface area contributed by atoms with E-state index in [1.54, 1.807) is 0 Å². The molecule has 0 unspecified atom stereocenters. The number of alkyl halides is 3. The van der Waals surface area contributed by atoms with Gasteiger partial charge >= 0.3 is 6.18 Å². The van der Waals surface area contributed by atoms with Crippen LogP contribution in [0.4, 0.5) is 23.2 Å². The van der Waals surface area contributed by atoms with E-state index in [0.29, 0.717) is 11.8 Å². The molecule has 2 heterocycles. The maximum absolute atomic E-state index is 12.9. The fraction of sp³-hybridized carbons (Fsp3) is 0.125. The largest absolute Gasteiger partial charge is 0.421 e. The van der Waals surface area contributed by atoms with Crippen LogP contribution in [-0.2, 0) is 12.7 Å². The van der Waals surface area contributed by atoms with Crippen molar-refractivity contribution in [3.05, 3.63) is 74.3 Å². The van der Waals surface area contributed by atoms with Crippen molar-refractivity contribution in [2.24, 2.45) is 0 Å². The lowest BCUT2D eigenvalue weighted by molar-refractivity contribution is -0.138. The maximum atomic E-state index is 12.9. The highest BCUT2D eigenvalue weighted by molar-refractivity contribution is 7.13. The highest BCUT2D eigenvalue weighted by Gasteiger charge is 2.34. The Morgan fingerprint density at radius 2 is 1.85 bits per heavy atom. The second-order valence-electron chi connectivity index (χ2n) is 5.31. The van der Waals surface area contributed by atoms with E-state index in [2.05, 4.69) is 15.5 Å². The molecule has 140 valence electrons. The van der Waals surface area contributed by atoms with Crippen LogP contribution >= 0.6 is 11.3 Å². The molecule has 0 aliphatic rings. The summed E-state index contributed by atoms with van der Waals surface area (Å²) in [5.41, 5.74) is -2.16. The molecular weight excluding hydrogens is 388 g/mol. The van der Waals surface area contributed by atoms with Crippen LogP contribution in [0, 0.1) is 5.82 Å². The number of pyridine rings is 1. The molecular formula is C16H10F4N4O2S. The number of aromatic nitrogens is 3. The lowest BCUT2D eigenvalue weighted by Gasteiger charge is -2.08. The number of hydrogen-bond acceptors (Lipinski definition) is 5. The van der Waals surface area contributed by atoms with E-state index in [9.17, 15) is 27.2 Å². The van der Waals surface area contributed by atoms with E-state index >= 15 is 0 Å². The molecule has 1 amide bonds. The van der Waals surface area contributed by atoms with Crippen LogP contribution < -0.4 is 10.9 Å². The van der Waals surface area contributed by atoms with Crippen molar-refractivity contribution in [1.82, 2.24) is 14.8 Å². The number of anilines is 1. The third-order valence-electron chi connectivity index (χ3n) is 3.39. The van der Waals surface area contributed by atoms with Gasteiger partial charge in [-0.25, -0.2) is 4.39 Å². The number of carbonyl (C=O) groups is 1. The van der Waals surface area contributed by atoms with Gasteiger partial charge in [-0.1, -0.05) is 11.3 Å². The molecule has 1 N–H and O–H groups in total. The Hall–Kier alpha value is -3.08. The van der Waals surface area contributed by atoms with Crippen LogP contribution in [0.15, 0.2) is 47.4 Å². The second-order valence-corrected chi connectivity index (χ2v) is 6.38. The Morgan fingerprint density at radius 1 is 1.15 bits per heavy atom. The minimum Gasteiger partial charge on any atom is -0.320 e. The summed E-state index contributed by atoms with van der Waals surface area (Å²) in [6.07, 6.45) is -3.57. The van der Waals surface area contributed by atoms with E-state index in [4.69, 9.17) is 0 Å². The van der Waals surface area contributed by atoms with Crippen LogP contribution in [0.1, 0.15) is 20.4 Å². The first kappa shape index (κ1) is 18.7. The number of benzene rings is 1. The molecule has 2 aromatic heterocycles. The van der Waals surface area contributed by atoms with Crippen molar-refractivity contribution in [2.45, 2.75) is 12.7 Å². The molecule has 0 aliphatic heterocycles. The zero-order valence-corrected chi connectivity index (χ0v) is 14.1. The first-order chi connectivity index (χ1) is 12.7. The summed E-state index contributed by atoms with van der Waals surface area (Å²) in [7, 11) is 0. The average Bonchev–Trinajstić information content (AvgIpc) is 3.06. The van der Waals surface area contributed by atoms with Crippen molar-refractivity contribution < 1.29 is 22.4 Å². The second kappa shape index (κ2) is 7.27. The highest BCUT2D eigenvalue weighted by atomic mass is 32.1. The molecule has 6 nitrogen and oxygen atoms in total. The summed E-state index contributed by atoms with van der Waals surface area (Å²) in [4.78, 5) is 24.0. The van der Waals surface area contributed by atoms with Gasteiger partial charge in [0.1, 0.15) is 16.4 Å². The normalized spacial score (nSPS) is 11.4. The quantitative estimate of drug-likeness (QED) is 0.685. The van der Waals surface area contributed by atoms with Gasteiger partial charge in [0, 0.05) is 11.9 Å². The van der Waals surface area contributed by atoms with Gasteiger partial charge in [-0.3, -0.25) is 9.59 Å². The van der Waals surface area contributed by atoms with Crippen LogP contribution in [-0.4, -0.2) is 20.7 Å². The van der Waals surface area contributed by atoms with Gasteiger partial charge in [-0.2, -0.15) is 13.2 Å². The molecule has 0 bridgehead atoms. The van der Waals surface area contributed by atoms with Crippen molar-refractivity contribution in [2.75, 3.05) is 5.32 Å². The van der Waals surface area contributed by atoms with Gasteiger partial charge in [0.15, 0.2) is 0 Å². The molecule has 0 fully saturated rings. The molecule has 0 atom stereocenters. The van der Waals surface area contributed by atoms with Gasteiger partial charge in [-0.05, 0) is 36.4 Å². The van der Waals surface area contributed by atoms with Gasteiger partial charge in [0.25, 0.3) is 11.5 Å². The molecule has 0 aliphatic carbocycles. The lowest BCUT2D eigenvalue weighted by atomic mass is 10.2. The first-order valence-corrected chi connectivity index (χ1v) is 8.21. The Labute approximate surface area is 153 Å². The molecule has 11 heteroatoms. The smallest absolute Gasteiger partial charge is 0.320 e. The van der Waals surface area contributed by atoms with Crippen LogP contribution in [0.25, 0.3) is 0 Å². The number of rotatable bonds is 4. The number of halogens is 4. The summed E-state index contributed by atoms with van der Waals surface area (Å²) in [5.74, 6) is -1.07. The Kier molecular flexibility index (Phi) is 5.04. The van der Waals surface area contributed by atoms with Crippen molar-refractivity contribution >= 4 is 22.9 Å². The number of nitrogens with one attached hydrogen (secondary N) is 1. The van der Waals surface area contributed by atoms with Gasteiger partial charge in [0.2, 0.25) is 5.01 Å². The minimum absolute atomic E-state index is 0.0469. The summed E-state index contributed by atoms with van der Waals surface area (Å²) < 4.78 is 52.1. The highest BCUT2D eigenvalue weighted by Crippen LogP contribution is 2.26. The summed E-state index contributed by atoms with van der Waals surface area (Å²) >= 11 is 0.831. The zero-order chi connectivity index (χ0) is 19.6. The third kappa shape index (κ3) is 4.37. The van der Waals surface area contributed by atoms with E-state index in [0.717, 1.165) is 22.0 Å². The van der Waals surface area contributed by atoms with E-state index in [1.807, 2.05) is 0 Å².